The van der Waals surface area contributed by atoms with Gasteiger partial charge < -0.3 is 15.4 Å². The van der Waals surface area contributed by atoms with Crippen LogP contribution in [-0.4, -0.2) is 34.9 Å². The number of benzene rings is 2. The molecule has 1 aliphatic rings. The van der Waals surface area contributed by atoms with E-state index in [1.54, 1.807) is 29.1 Å². The number of ether oxygens (including phenoxy) is 1. The molecule has 2 heterocycles. The largest absolute Gasteiger partial charge is 0.488 e. The summed E-state index contributed by atoms with van der Waals surface area (Å²) < 4.78 is 22.8. The Kier molecular flexibility index (Phi) is 6.15. The predicted molar refractivity (Wildman–Crippen MR) is 117 cm³/mol. The number of amides is 1. The second-order valence-corrected chi connectivity index (χ2v) is 8.05. The summed E-state index contributed by atoms with van der Waals surface area (Å²) in [5.74, 6) is -0.362. The molecule has 4 rings (SSSR count). The number of anilines is 1. The van der Waals surface area contributed by atoms with Gasteiger partial charge in [0.2, 0.25) is 0 Å². The van der Waals surface area contributed by atoms with Crippen molar-refractivity contribution in [3.05, 3.63) is 64.5 Å². The first-order valence-corrected chi connectivity index (χ1v) is 10.6. The van der Waals surface area contributed by atoms with Crippen molar-refractivity contribution in [2.24, 2.45) is 7.05 Å². The molecular weight excluding hydrogens is 451 g/mol. The number of aryl methyl sites for hydroxylation is 1. The van der Waals surface area contributed by atoms with E-state index in [0.29, 0.717) is 11.4 Å². The lowest BCUT2D eigenvalue weighted by Gasteiger charge is -2.25. The number of piperidine rings is 1. The van der Waals surface area contributed by atoms with E-state index in [-0.39, 0.29) is 11.7 Å². The standard InChI is InChI=1S/C22H22BrFN4O2/c1-28-21(18(23)13-26-28)17-11-14(27-22(29)16-6-2-3-7-19(16)24)8-9-20(17)30-15-5-4-10-25-12-15/h2-3,6-9,11,13,15,25H,4-5,10,12H2,1H3,(H,27,29). The van der Waals surface area contributed by atoms with Gasteiger partial charge in [-0.3, -0.25) is 9.48 Å². The number of hydrogen-bond donors (Lipinski definition) is 2. The van der Waals surface area contributed by atoms with E-state index in [2.05, 4.69) is 31.7 Å². The third kappa shape index (κ3) is 4.39. The summed E-state index contributed by atoms with van der Waals surface area (Å²) in [5, 5.41) is 10.4. The lowest BCUT2D eigenvalue weighted by atomic mass is 10.1. The van der Waals surface area contributed by atoms with Crippen molar-refractivity contribution in [2.75, 3.05) is 18.4 Å². The van der Waals surface area contributed by atoms with Crippen LogP contribution in [0.1, 0.15) is 23.2 Å². The van der Waals surface area contributed by atoms with Gasteiger partial charge in [0.15, 0.2) is 0 Å². The van der Waals surface area contributed by atoms with E-state index in [1.807, 2.05) is 19.2 Å². The van der Waals surface area contributed by atoms with Crippen LogP contribution in [0.5, 0.6) is 5.75 Å². The maximum atomic E-state index is 14.0. The number of nitrogens with zero attached hydrogens (tertiary/aromatic N) is 2. The molecule has 2 N–H and O–H groups in total. The molecule has 30 heavy (non-hydrogen) atoms. The maximum absolute atomic E-state index is 14.0. The van der Waals surface area contributed by atoms with Crippen LogP contribution in [0, 0.1) is 5.82 Å². The van der Waals surface area contributed by atoms with E-state index in [9.17, 15) is 9.18 Å². The fourth-order valence-electron chi connectivity index (χ4n) is 3.55. The van der Waals surface area contributed by atoms with Crippen LogP contribution in [0.2, 0.25) is 0 Å². The maximum Gasteiger partial charge on any atom is 0.258 e. The molecule has 1 aromatic heterocycles. The first-order chi connectivity index (χ1) is 14.5. The minimum atomic E-state index is -0.561. The number of carbonyl (C=O) groups excluding carboxylic acids is 1. The summed E-state index contributed by atoms with van der Waals surface area (Å²) in [6.45, 7) is 1.79. The van der Waals surface area contributed by atoms with Crippen LogP contribution in [-0.2, 0) is 7.05 Å². The monoisotopic (exact) mass is 472 g/mol. The Morgan fingerprint density at radius 2 is 2.17 bits per heavy atom. The van der Waals surface area contributed by atoms with Gasteiger partial charge in [-0.15, -0.1) is 0 Å². The van der Waals surface area contributed by atoms with Crippen molar-refractivity contribution in [1.82, 2.24) is 15.1 Å². The van der Waals surface area contributed by atoms with Gasteiger partial charge in [0.05, 0.1) is 21.9 Å². The highest BCUT2D eigenvalue weighted by molar-refractivity contribution is 9.10. The molecule has 1 aliphatic heterocycles. The van der Waals surface area contributed by atoms with E-state index in [1.165, 1.54) is 12.1 Å². The third-order valence-corrected chi connectivity index (χ3v) is 5.63. The highest BCUT2D eigenvalue weighted by Gasteiger charge is 2.21. The van der Waals surface area contributed by atoms with E-state index in [4.69, 9.17) is 4.74 Å². The summed E-state index contributed by atoms with van der Waals surface area (Å²) >= 11 is 3.55. The van der Waals surface area contributed by atoms with Gasteiger partial charge in [-0.25, -0.2) is 4.39 Å². The van der Waals surface area contributed by atoms with E-state index in [0.717, 1.165) is 41.7 Å². The zero-order chi connectivity index (χ0) is 21.1. The highest BCUT2D eigenvalue weighted by atomic mass is 79.9. The summed E-state index contributed by atoms with van der Waals surface area (Å²) in [6, 6.07) is 11.3. The zero-order valence-corrected chi connectivity index (χ0v) is 18.1. The number of hydrogen-bond acceptors (Lipinski definition) is 4. The molecule has 1 saturated heterocycles. The lowest BCUT2D eigenvalue weighted by molar-refractivity contribution is 0.102. The van der Waals surface area contributed by atoms with Gasteiger partial charge in [-0.2, -0.15) is 5.10 Å². The van der Waals surface area contributed by atoms with Crippen LogP contribution < -0.4 is 15.4 Å². The summed E-state index contributed by atoms with van der Waals surface area (Å²) in [7, 11) is 1.84. The van der Waals surface area contributed by atoms with Gasteiger partial charge in [-0.1, -0.05) is 12.1 Å². The van der Waals surface area contributed by atoms with Crippen molar-refractivity contribution >= 4 is 27.5 Å². The molecule has 0 saturated carbocycles. The van der Waals surface area contributed by atoms with Crippen LogP contribution in [0.25, 0.3) is 11.3 Å². The van der Waals surface area contributed by atoms with E-state index >= 15 is 0 Å². The quantitative estimate of drug-likeness (QED) is 0.578. The average molecular weight is 473 g/mol. The van der Waals surface area contributed by atoms with Crippen LogP contribution in [0.4, 0.5) is 10.1 Å². The molecule has 3 aromatic rings. The second-order valence-electron chi connectivity index (χ2n) is 7.20. The Labute approximate surface area is 182 Å². The highest BCUT2D eigenvalue weighted by Crippen LogP contribution is 2.37. The van der Waals surface area contributed by atoms with Crippen molar-refractivity contribution in [2.45, 2.75) is 18.9 Å². The van der Waals surface area contributed by atoms with Gasteiger partial charge in [-0.05, 0) is 65.6 Å². The SMILES string of the molecule is Cn1ncc(Br)c1-c1cc(NC(=O)c2ccccc2F)ccc1OC1CCCNC1. The summed E-state index contributed by atoms with van der Waals surface area (Å²) in [6.07, 6.45) is 3.83. The number of nitrogens with one attached hydrogen (secondary N) is 2. The van der Waals surface area contributed by atoms with Crippen LogP contribution in [0.3, 0.4) is 0 Å². The van der Waals surface area contributed by atoms with Gasteiger partial charge in [0, 0.05) is 24.8 Å². The minimum Gasteiger partial charge on any atom is -0.488 e. The molecular formula is C22H22BrFN4O2. The van der Waals surface area contributed by atoms with E-state index < -0.39 is 11.7 Å². The molecule has 1 atom stereocenters. The molecule has 0 spiro atoms. The van der Waals surface area contributed by atoms with Crippen molar-refractivity contribution < 1.29 is 13.9 Å². The van der Waals surface area contributed by atoms with Crippen molar-refractivity contribution in [3.8, 4) is 17.0 Å². The van der Waals surface area contributed by atoms with Crippen LogP contribution in [0.15, 0.2) is 53.1 Å². The number of rotatable bonds is 5. The fraction of sp³-hybridized carbons (Fsp3) is 0.273. The molecule has 1 amide bonds. The van der Waals surface area contributed by atoms with Crippen molar-refractivity contribution in [3.63, 3.8) is 0 Å². The van der Waals surface area contributed by atoms with Gasteiger partial charge >= 0.3 is 0 Å². The minimum absolute atomic E-state index is 0.00521. The topological polar surface area (TPSA) is 68.2 Å². The normalized spacial score (nSPS) is 16.3. The third-order valence-electron chi connectivity index (χ3n) is 5.05. The predicted octanol–water partition coefficient (Wildman–Crippen LogP) is 4.37. The van der Waals surface area contributed by atoms with Gasteiger partial charge in [0.25, 0.3) is 5.91 Å². The van der Waals surface area contributed by atoms with Crippen molar-refractivity contribution in [1.29, 1.82) is 0 Å². The number of halogens is 2. The summed E-state index contributed by atoms with van der Waals surface area (Å²) in [4.78, 5) is 12.6. The molecule has 8 heteroatoms. The first-order valence-electron chi connectivity index (χ1n) is 9.78. The Morgan fingerprint density at radius 3 is 2.87 bits per heavy atom. The summed E-state index contributed by atoms with van der Waals surface area (Å²) in [5.41, 5.74) is 2.16. The Bertz CT molecular complexity index is 1040. The Balaban J connectivity index is 1.67. The Hall–Kier alpha value is -2.71. The molecule has 1 unspecified atom stereocenters. The first kappa shape index (κ1) is 20.6. The molecule has 0 radical (unpaired) electrons. The number of carbonyl (C=O) groups is 1. The number of aromatic nitrogens is 2. The smallest absolute Gasteiger partial charge is 0.258 e. The molecule has 1 fully saturated rings. The Morgan fingerprint density at radius 1 is 1.33 bits per heavy atom. The molecule has 156 valence electrons. The molecule has 2 aromatic carbocycles. The molecule has 0 aliphatic carbocycles. The lowest BCUT2D eigenvalue weighted by Crippen LogP contribution is -2.37. The molecule has 6 nitrogen and oxygen atoms in total. The fourth-order valence-corrected chi connectivity index (χ4v) is 4.11. The van der Waals surface area contributed by atoms with Gasteiger partial charge in [0.1, 0.15) is 17.7 Å². The zero-order valence-electron chi connectivity index (χ0n) is 16.5. The average Bonchev–Trinajstić information content (AvgIpc) is 3.08. The van der Waals surface area contributed by atoms with Crippen LogP contribution >= 0.6 is 15.9 Å². The second kappa shape index (κ2) is 8.97. The molecule has 0 bridgehead atoms.